The average Bonchev–Trinajstić information content (AvgIpc) is 3.15. The first-order chi connectivity index (χ1) is 9.36. The normalized spacial score (nSPS) is 34.3. The van der Waals surface area contributed by atoms with E-state index in [1.54, 1.807) is 0 Å². The van der Waals surface area contributed by atoms with Crippen LogP contribution in [0.2, 0.25) is 0 Å². The lowest BCUT2D eigenvalue weighted by Crippen LogP contribution is -2.39. The van der Waals surface area contributed by atoms with Gasteiger partial charge in [0.1, 0.15) is 0 Å². The Hall–Kier alpha value is -0.730. The summed E-state index contributed by atoms with van der Waals surface area (Å²) in [7, 11) is 0. The van der Waals surface area contributed by atoms with Gasteiger partial charge in [-0.25, -0.2) is 0 Å². The lowest BCUT2D eigenvalue weighted by Gasteiger charge is -2.23. The summed E-state index contributed by atoms with van der Waals surface area (Å²) in [6.45, 7) is 6.58. The van der Waals surface area contributed by atoms with Crippen molar-refractivity contribution >= 4 is 5.96 Å². The van der Waals surface area contributed by atoms with Gasteiger partial charge in [-0.1, -0.05) is 6.42 Å². The predicted molar refractivity (Wildman–Crippen MR) is 80.3 cm³/mol. The van der Waals surface area contributed by atoms with E-state index in [4.69, 9.17) is 4.99 Å². The maximum atomic E-state index is 4.87. The van der Waals surface area contributed by atoms with Gasteiger partial charge in [-0.05, 0) is 63.2 Å². The van der Waals surface area contributed by atoms with Gasteiger partial charge >= 0.3 is 0 Å². The molecule has 3 atom stereocenters. The second-order valence-corrected chi connectivity index (χ2v) is 6.65. The molecule has 0 aromatic carbocycles. The highest BCUT2D eigenvalue weighted by Crippen LogP contribution is 2.49. The molecule has 3 unspecified atom stereocenters. The lowest BCUT2D eigenvalue weighted by atomic mass is 9.86. The number of likely N-dealkylation sites (tertiary alicyclic amines) is 1. The van der Waals surface area contributed by atoms with Crippen molar-refractivity contribution in [2.75, 3.05) is 26.2 Å². The van der Waals surface area contributed by atoms with E-state index in [1.807, 2.05) is 0 Å². The Morgan fingerprint density at radius 1 is 1.21 bits per heavy atom. The van der Waals surface area contributed by atoms with E-state index in [1.165, 1.54) is 64.0 Å². The molecule has 0 amide bonds. The molecule has 2 aliphatic carbocycles. The second-order valence-electron chi connectivity index (χ2n) is 6.65. The van der Waals surface area contributed by atoms with Crippen LogP contribution in [0.25, 0.3) is 0 Å². The van der Waals surface area contributed by atoms with Crippen LogP contribution >= 0.6 is 0 Å². The maximum Gasteiger partial charge on any atom is 0.193 e. The fraction of sp³-hybridized carbons (Fsp3) is 0.938. The fourth-order valence-corrected chi connectivity index (χ4v) is 4.42. The standard InChI is InChI=1S/C16H29N3/c1-2-17-16(19-9-3-4-10-19)18-8-7-15-12-13-5-6-14(15)11-13/h13-15H,2-12H2,1H3,(H,17,18). The molecule has 19 heavy (non-hydrogen) atoms. The van der Waals surface area contributed by atoms with Gasteiger partial charge in [-0.15, -0.1) is 0 Å². The Morgan fingerprint density at radius 3 is 2.68 bits per heavy atom. The fourth-order valence-electron chi connectivity index (χ4n) is 4.42. The highest BCUT2D eigenvalue weighted by molar-refractivity contribution is 5.80. The highest BCUT2D eigenvalue weighted by Gasteiger charge is 2.38. The number of nitrogens with zero attached hydrogens (tertiary/aromatic N) is 2. The minimum Gasteiger partial charge on any atom is -0.357 e. The van der Waals surface area contributed by atoms with Crippen LogP contribution in [0.1, 0.15) is 51.9 Å². The quantitative estimate of drug-likeness (QED) is 0.624. The summed E-state index contributed by atoms with van der Waals surface area (Å²) in [5.74, 6) is 4.28. The van der Waals surface area contributed by atoms with Gasteiger partial charge in [-0.2, -0.15) is 0 Å². The molecule has 108 valence electrons. The van der Waals surface area contributed by atoms with Gasteiger partial charge in [0.25, 0.3) is 0 Å². The summed E-state index contributed by atoms with van der Waals surface area (Å²) in [4.78, 5) is 7.31. The number of fused-ring (bicyclic) bond motifs is 2. The van der Waals surface area contributed by atoms with E-state index in [-0.39, 0.29) is 0 Å². The third-order valence-corrected chi connectivity index (χ3v) is 5.39. The minimum atomic E-state index is 0.990. The molecule has 0 radical (unpaired) electrons. The summed E-state index contributed by atoms with van der Waals surface area (Å²) in [5, 5.41) is 3.46. The molecule has 2 saturated carbocycles. The summed E-state index contributed by atoms with van der Waals surface area (Å²) in [6, 6.07) is 0. The van der Waals surface area contributed by atoms with Crippen molar-refractivity contribution in [3.05, 3.63) is 0 Å². The van der Waals surface area contributed by atoms with Gasteiger partial charge in [-0.3, -0.25) is 4.99 Å². The summed E-state index contributed by atoms with van der Waals surface area (Å²) >= 11 is 0. The van der Waals surface area contributed by atoms with Crippen LogP contribution in [0.15, 0.2) is 4.99 Å². The molecule has 3 nitrogen and oxygen atoms in total. The van der Waals surface area contributed by atoms with E-state index in [0.717, 1.165) is 30.8 Å². The number of hydrogen-bond donors (Lipinski definition) is 1. The van der Waals surface area contributed by atoms with E-state index < -0.39 is 0 Å². The number of hydrogen-bond acceptors (Lipinski definition) is 1. The zero-order chi connectivity index (χ0) is 13.1. The van der Waals surface area contributed by atoms with Crippen LogP contribution in [-0.4, -0.2) is 37.0 Å². The highest BCUT2D eigenvalue weighted by atomic mass is 15.3. The van der Waals surface area contributed by atoms with Gasteiger partial charge in [0.05, 0.1) is 0 Å². The van der Waals surface area contributed by atoms with Crippen LogP contribution in [0.3, 0.4) is 0 Å². The van der Waals surface area contributed by atoms with E-state index >= 15 is 0 Å². The first-order valence-corrected chi connectivity index (χ1v) is 8.40. The van der Waals surface area contributed by atoms with Crippen LogP contribution in [-0.2, 0) is 0 Å². The maximum absolute atomic E-state index is 4.87. The van der Waals surface area contributed by atoms with Crippen LogP contribution in [0.5, 0.6) is 0 Å². The van der Waals surface area contributed by atoms with Crippen molar-refractivity contribution in [1.82, 2.24) is 10.2 Å². The van der Waals surface area contributed by atoms with Crippen LogP contribution in [0, 0.1) is 17.8 Å². The molecule has 3 aliphatic rings. The van der Waals surface area contributed by atoms with E-state index in [0.29, 0.717) is 0 Å². The van der Waals surface area contributed by atoms with E-state index in [9.17, 15) is 0 Å². The van der Waals surface area contributed by atoms with Crippen molar-refractivity contribution in [2.24, 2.45) is 22.7 Å². The van der Waals surface area contributed by atoms with Gasteiger partial charge in [0, 0.05) is 26.2 Å². The predicted octanol–water partition coefficient (Wildman–Crippen LogP) is 2.87. The second kappa shape index (κ2) is 6.15. The molecule has 1 N–H and O–H groups in total. The SMILES string of the molecule is CCNC(=NCCC1CC2CCC1C2)N1CCCC1. The number of nitrogens with one attached hydrogen (secondary N) is 1. The average molecular weight is 263 g/mol. The van der Waals surface area contributed by atoms with Crippen LogP contribution < -0.4 is 5.32 Å². The summed E-state index contributed by atoms with van der Waals surface area (Å²) in [5.41, 5.74) is 0. The largest absolute Gasteiger partial charge is 0.357 e. The van der Waals surface area contributed by atoms with Gasteiger partial charge in [0.15, 0.2) is 5.96 Å². The van der Waals surface area contributed by atoms with Crippen LogP contribution in [0.4, 0.5) is 0 Å². The Balaban J connectivity index is 1.48. The van der Waals surface area contributed by atoms with Crippen molar-refractivity contribution in [3.63, 3.8) is 0 Å². The Kier molecular flexibility index (Phi) is 4.29. The smallest absolute Gasteiger partial charge is 0.193 e. The minimum absolute atomic E-state index is 0.990. The lowest BCUT2D eigenvalue weighted by molar-refractivity contribution is 0.318. The molecule has 0 aromatic rings. The number of aliphatic imine (C=N–C) groups is 1. The summed E-state index contributed by atoms with van der Waals surface area (Å²) in [6.07, 6.45) is 10.0. The Bertz CT molecular complexity index is 320. The Morgan fingerprint density at radius 2 is 2.05 bits per heavy atom. The van der Waals surface area contributed by atoms with Crippen molar-refractivity contribution < 1.29 is 0 Å². The zero-order valence-corrected chi connectivity index (χ0v) is 12.4. The zero-order valence-electron chi connectivity index (χ0n) is 12.4. The summed E-state index contributed by atoms with van der Waals surface area (Å²) < 4.78 is 0. The van der Waals surface area contributed by atoms with Gasteiger partial charge in [0.2, 0.25) is 0 Å². The third kappa shape index (κ3) is 3.06. The first kappa shape index (κ1) is 13.3. The first-order valence-electron chi connectivity index (χ1n) is 8.40. The molecule has 0 spiro atoms. The monoisotopic (exact) mass is 263 g/mol. The Labute approximate surface area is 117 Å². The van der Waals surface area contributed by atoms with Crippen molar-refractivity contribution in [1.29, 1.82) is 0 Å². The van der Waals surface area contributed by atoms with Gasteiger partial charge < -0.3 is 10.2 Å². The molecule has 3 fully saturated rings. The number of guanidine groups is 1. The topological polar surface area (TPSA) is 27.6 Å². The molecule has 2 bridgehead atoms. The molecule has 3 heteroatoms. The van der Waals surface area contributed by atoms with Crippen molar-refractivity contribution in [3.8, 4) is 0 Å². The van der Waals surface area contributed by atoms with Crippen molar-refractivity contribution in [2.45, 2.75) is 51.9 Å². The molecule has 1 saturated heterocycles. The molecular weight excluding hydrogens is 234 g/mol. The number of rotatable bonds is 4. The molecule has 0 aromatic heterocycles. The third-order valence-electron chi connectivity index (χ3n) is 5.39. The van der Waals surface area contributed by atoms with E-state index in [2.05, 4.69) is 17.1 Å². The molecule has 3 rings (SSSR count). The molecular formula is C16H29N3. The molecule has 1 heterocycles. The molecule has 1 aliphatic heterocycles.